The molecule has 2 aliphatic rings. The fourth-order valence-corrected chi connectivity index (χ4v) is 5.51. The second-order valence-electron chi connectivity index (χ2n) is 10.0. The van der Waals surface area contributed by atoms with E-state index in [9.17, 15) is 12.8 Å². The highest BCUT2D eigenvalue weighted by Gasteiger charge is 2.19. The summed E-state index contributed by atoms with van der Waals surface area (Å²) in [4.78, 5) is 10.9. The Morgan fingerprint density at radius 2 is 1.88 bits per heavy atom. The van der Waals surface area contributed by atoms with E-state index in [0.29, 0.717) is 29.4 Å². The number of benzene rings is 2. The average molecular weight is 610 g/mol. The van der Waals surface area contributed by atoms with Gasteiger partial charge in [-0.25, -0.2) is 27.9 Å². The number of methoxy groups -OCH3 is 1. The third-order valence-electron chi connectivity index (χ3n) is 6.96. The van der Waals surface area contributed by atoms with Gasteiger partial charge in [-0.1, -0.05) is 18.0 Å². The van der Waals surface area contributed by atoms with E-state index in [2.05, 4.69) is 20.2 Å². The lowest BCUT2D eigenvalue weighted by Gasteiger charge is -2.26. The fraction of sp³-hybridized carbons (Fsp3) is 0.500. The molecule has 0 radical (unpaired) electrons. The normalized spacial score (nSPS) is 16.6. The van der Waals surface area contributed by atoms with Gasteiger partial charge in [0.1, 0.15) is 18.0 Å². The van der Waals surface area contributed by atoms with Crippen molar-refractivity contribution in [3.8, 4) is 11.5 Å². The summed E-state index contributed by atoms with van der Waals surface area (Å²) in [5, 5.41) is 8.90. The summed E-state index contributed by atoms with van der Waals surface area (Å²) < 4.78 is 51.6. The third-order valence-corrected chi connectivity index (χ3v) is 8.10. The predicted molar refractivity (Wildman–Crippen MR) is 158 cm³/mol. The number of morpholine rings is 1. The third kappa shape index (κ3) is 9.64. The summed E-state index contributed by atoms with van der Waals surface area (Å²) in [6.45, 7) is 4.07. The topological polar surface area (TPSA) is 129 Å². The van der Waals surface area contributed by atoms with Crippen LogP contribution in [-0.4, -0.2) is 75.1 Å². The maximum atomic E-state index is 13.4. The van der Waals surface area contributed by atoms with Crippen LogP contribution in [0.25, 0.3) is 10.9 Å². The van der Waals surface area contributed by atoms with Gasteiger partial charge in [-0.15, -0.1) is 0 Å². The highest BCUT2D eigenvalue weighted by molar-refractivity contribution is 7.89. The molecule has 0 atom stereocenters. The maximum absolute atomic E-state index is 13.4. The summed E-state index contributed by atoms with van der Waals surface area (Å²) in [6, 6.07) is 8.19. The molecular weight excluding hydrogens is 573 g/mol. The van der Waals surface area contributed by atoms with Crippen LogP contribution < -0.4 is 19.9 Å². The second kappa shape index (κ2) is 14.9. The molecule has 1 saturated carbocycles. The molecule has 0 spiro atoms. The van der Waals surface area contributed by atoms with Crippen molar-refractivity contribution in [2.24, 2.45) is 5.14 Å². The Balaban J connectivity index is 0.000000251. The zero-order chi connectivity index (χ0) is 29.2. The smallest absolute Gasteiger partial charge is 0.209 e. The molecule has 1 saturated heterocycles. The molecule has 3 aromatic rings. The van der Waals surface area contributed by atoms with E-state index in [1.165, 1.54) is 37.7 Å². The first-order valence-corrected chi connectivity index (χ1v) is 15.8. The molecule has 2 aromatic carbocycles. The van der Waals surface area contributed by atoms with E-state index in [0.717, 1.165) is 56.6 Å². The van der Waals surface area contributed by atoms with Crippen molar-refractivity contribution < 1.29 is 27.0 Å². The van der Waals surface area contributed by atoms with Crippen LogP contribution in [0.3, 0.4) is 0 Å². The largest absolute Gasteiger partial charge is 0.493 e. The summed E-state index contributed by atoms with van der Waals surface area (Å²) in [5.74, 6) is 1.52. The molecule has 224 valence electrons. The van der Waals surface area contributed by atoms with Crippen LogP contribution in [0.5, 0.6) is 11.5 Å². The zero-order valence-corrected chi connectivity index (χ0v) is 24.7. The first-order chi connectivity index (χ1) is 19.7. The molecule has 0 bridgehead atoms. The van der Waals surface area contributed by atoms with Crippen molar-refractivity contribution >= 4 is 44.0 Å². The number of hydrogen-bond donors (Lipinski definition) is 2. The second-order valence-corrected chi connectivity index (χ2v) is 12.2. The van der Waals surface area contributed by atoms with E-state index in [1.807, 2.05) is 12.1 Å². The molecule has 2 fully saturated rings. The van der Waals surface area contributed by atoms with Crippen LogP contribution in [0.4, 0.5) is 15.9 Å². The molecule has 3 N–H and O–H groups in total. The lowest BCUT2D eigenvalue weighted by Crippen LogP contribution is -2.37. The molecule has 0 amide bonds. The number of fused-ring (bicyclic) bond motifs is 1. The van der Waals surface area contributed by atoms with E-state index in [1.54, 1.807) is 13.2 Å². The molecule has 1 aliphatic carbocycles. The van der Waals surface area contributed by atoms with Crippen molar-refractivity contribution in [3.05, 3.63) is 47.5 Å². The first kappa shape index (κ1) is 31.2. The van der Waals surface area contributed by atoms with Crippen molar-refractivity contribution in [1.29, 1.82) is 0 Å². The Hall–Kier alpha value is -2.77. The number of nitrogens with one attached hydrogen (secondary N) is 1. The van der Waals surface area contributed by atoms with Gasteiger partial charge in [0.2, 0.25) is 10.0 Å². The Labute approximate surface area is 245 Å². The van der Waals surface area contributed by atoms with Crippen molar-refractivity contribution in [1.82, 2.24) is 14.9 Å². The molecule has 13 heteroatoms. The Morgan fingerprint density at radius 1 is 1.12 bits per heavy atom. The number of aromatic nitrogens is 2. The van der Waals surface area contributed by atoms with Gasteiger partial charge in [0.05, 0.1) is 42.7 Å². The Bertz CT molecular complexity index is 1400. The number of primary sulfonamides is 1. The van der Waals surface area contributed by atoms with Crippen LogP contribution in [-0.2, 0) is 14.8 Å². The monoisotopic (exact) mass is 609 g/mol. The van der Waals surface area contributed by atoms with Crippen LogP contribution in [0.15, 0.2) is 36.7 Å². The van der Waals surface area contributed by atoms with Gasteiger partial charge in [-0.05, 0) is 62.9 Å². The van der Waals surface area contributed by atoms with Gasteiger partial charge in [-0.3, -0.25) is 4.90 Å². The van der Waals surface area contributed by atoms with Crippen molar-refractivity contribution in [2.45, 2.75) is 44.6 Å². The highest BCUT2D eigenvalue weighted by Crippen LogP contribution is 2.37. The van der Waals surface area contributed by atoms with Crippen LogP contribution in [0.1, 0.15) is 38.5 Å². The van der Waals surface area contributed by atoms with Crippen LogP contribution >= 0.6 is 11.6 Å². The average Bonchev–Trinajstić information content (AvgIpc) is 2.96. The molecule has 2 heterocycles. The number of rotatable bonds is 9. The van der Waals surface area contributed by atoms with E-state index >= 15 is 0 Å². The summed E-state index contributed by atoms with van der Waals surface area (Å²) in [6.07, 6.45) is 7.99. The minimum absolute atomic E-state index is 0.0475. The minimum atomic E-state index is -3.28. The maximum Gasteiger partial charge on any atom is 0.209 e. The SMILES string of the molecule is COc1cc2ncnc(Nc3ccc(F)c(Cl)c3)c2cc1OC1CCCCC1.NS(=O)(=O)CCCN1CCOCC1. The summed E-state index contributed by atoms with van der Waals surface area (Å²) in [7, 11) is -1.66. The van der Waals surface area contributed by atoms with Crippen molar-refractivity contribution in [2.75, 3.05) is 51.0 Å². The van der Waals surface area contributed by atoms with E-state index in [-0.39, 0.29) is 16.9 Å². The highest BCUT2D eigenvalue weighted by atomic mass is 35.5. The number of ether oxygens (including phenoxy) is 3. The van der Waals surface area contributed by atoms with Gasteiger partial charge in [0, 0.05) is 30.2 Å². The van der Waals surface area contributed by atoms with Gasteiger partial charge in [0.25, 0.3) is 0 Å². The molecular formula is C28H37ClFN5O5S. The lowest BCUT2D eigenvalue weighted by atomic mass is 9.98. The number of sulfonamides is 1. The number of anilines is 2. The molecule has 1 aromatic heterocycles. The summed E-state index contributed by atoms with van der Waals surface area (Å²) >= 11 is 5.89. The molecule has 5 rings (SSSR count). The van der Waals surface area contributed by atoms with E-state index < -0.39 is 15.8 Å². The van der Waals surface area contributed by atoms with Crippen molar-refractivity contribution in [3.63, 3.8) is 0 Å². The minimum Gasteiger partial charge on any atom is -0.493 e. The number of nitrogens with zero attached hydrogens (tertiary/aromatic N) is 3. The van der Waals surface area contributed by atoms with Crippen LogP contribution in [0, 0.1) is 5.82 Å². The Kier molecular flexibility index (Phi) is 11.3. The molecule has 0 unspecified atom stereocenters. The number of nitrogens with two attached hydrogens (primary N) is 1. The number of halogens is 2. The van der Waals surface area contributed by atoms with Gasteiger partial charge < -0.3 is 19.5 Å². The molecule has 41 heavy (non-hydrogen) atoms. The molecule has 10 nitrogen and oxygen atoms in total. The fourth-order valence-electron chi connectivity index (χ4n) is 4.80. The summed E-state index contributed by atoms with van der Waals surface area (Å²) in [5.41, 5.74) is 1.36. The molecule has 1 aliphatic heterocycles. The quantitative estimate of drug-likeness (QED) is 0.348. The van der Waals surface area contributed by atoms with Gasteiger partial charge in [0.15, 0.2) is 11.5 Å². The van der Waals surface area contributed by atoms with E-state index in [4.69, 9.17) is 31.0 Å². The number of hydrogen-bond acceptors (Lipinski definition) is 9. The standard InChI is InChI=1S/C21H21ClFN3O2.C7H16N2O3S/c1-27-19-11-18-15(10-20(19)28-14-5-3-2-4-6-14)21(25-12-24-18)26-13-7-8-17(23)16(22)9-13;8-13(10,11)7-1-2-9-3-5-12-6-4-9/h7-12,14H,2-6H2,1H3,(H,24,25,26);1-7H2,(H2,8,10,11). The van der Waals surface area contributed by atoms with Gasteiger partial charge in [-0.2, -0.15) is 0 Å². The Morgan fingerprint density at radius 3 is 2.56 bits per heavy atom. The lowest BCUT2D eigenvalue weighted by molar-refractivity contribution is 0.0381. The zero-order valence-electron chi connectivity index (χ0n) is 23.2. The van der Waals surface area contributed by atoms with Crippen LogP contribution in [0.2, 0.25) is 5.02 Å². The first-order valence-electron chi connectivity index (χ1n) is 13.7. The predicted octanol–water partition coefficient (Wildman–Crippen LogP) is 4.88. The van der Waals surface area contributed by atoms with Gasteiger partial charge >= 0.3 is 0 Å².